The summed E-state index contributed by atoms with van der Waals surface area (Å²) in [4.78, 5) is 0. The molecular weight excluding hydrogens is 328 g/mol. The molecule has 1 aliphatic carbocycles. The van der Waals surface area contributed by atoms with Crippen molar-refractivity contribution in [2.75, 3.05) is 6.61 Å². The van der Waals surface area contributed by atoms with Crippen molar-refractivity contribution in [1.29, 1.82) is 5.26 Å². The van der Waals surface area contributed by atoms with Crippen LogP contribution in [0.5, 0.6) is 5.75 Å². The summed E-state index contributed by atoms with van der Waals surface area (Å²) in [7, 11) is 0. The fraction of sp³-hybridized carbons (Fsp3) is 0.588. The van der Waals surface area contributed by atoms with Gasteiger partial charge in [-0.2, -0.15) is 5.26 Å². The first kappa shape index (κ1) is 16.3. The van der Waals surface area contributed by atoms with E-state index in [4.69, 9.17) is 10.00 Å². The van der Waals surface area contributed by atoms with Gasteiger partial charge in [-0.3, -0.25) is 0 Å². The quantitative estimate of drug-likeness (QED) is 0.795. The lowest BCUT2D eigenvalue weighted by atomic mass is 10.0. The second kappa shape index (κ2) is 6.81. The molecule has 0 heterocycles. The minimum atomic E-state index is 0.108. The highest BCUT2D eigenvalue weighted by Crippen LogP contribution is 2.49. The van der Waals surface area contributed by atoms with Gasteiger partial charge in [0, 0.05) is 34.5 Å². The summed E-state index contributed by atoms with van der Waals surface area (Å²) in [5.41, 5.74) is 2.41. The van der Waals surface area contributed by atoms with E-state index in [0.717, 1.165) is 35.2 Å². The Morgan fingerprint density at radius 3 is 2.71 bits per heavy atom. The van der Waals surface area contributed by atoms with E-state index in [-0.39, 0.29) is 5.41 Å². The van der Waals surface area contributed by atoms with Gasteiger partial charge < -0.3 is 10.1 Å². The molecule has 1 fully saturated rings. The molecule has 3 nitrogen and oxygen atoms in total. The van der Waals surface area contributed by atoms with Crippen LogP contribution in [0.25, 0.3) is 0 Å². The second-order valence-electron chi connectivity index (χ2n) is 6.37. The van der Waals surface area contributed by atoms with Crippen molar-refractivity contribution in [3.63, 3.8) is 0 Å². The van der Waals surface area contributed by atoms with Gasteiger partial charge in [-0.1, -0.05) is 29.8 Å². The number of nitrogens with one attached hydrogen (secondary N) is 1. The van der Waals surface area contributed by atoms with Crippen molar-refractivity contribution in [1.82, 2.24) is 5.32 Å². The number of rotatable bonds is 7. The highest BCUT2D eigenvalue weighted by atomic mass is 79.9. The summed E-state index contributed by atoms with van der Waals surface area (Å²) < 4.78 is 7.20. The molecule has 1 N–H and O–H groups in total. The molecule has 0 aromatic heterocycles. The van der Waals surface area contributed by atoms with Gasteiger partial charge in [-0.25, -0.2) is 0 Å². The predicted molar refractivity (Wildman–Crippen MR) is 88.2 cm³/mol. The Hall–Kier alpha value is -1.05. The Morgan fingerprint density at radius 2 is 2.14 bits per heavy atom. The fourth-order valence-corrected chi connectivity index (χ4v) is 3.01. The van der Waals surface area contributed by atoms with Crippen LogP contribution in [0.15, 0.2) is 16.6 Å². The third kappa shape index (κ3) is 4.46. The zero-order valence-electron chi connectivity index (χ0n) is 13.0. The molecule has 2 rings (SSSR count). The summed E-state index contributed by atoms with van der Waals surface area (Å²) in [5.74, 6) is 0.968. The average Bonchev–Trinajstić information content (AvgIpc) is 3.15. The van der Waals surface area contributed by atoms with Gasteiger partial charge in [0.25, 0.3) is 0 Å². The van der Waals surface area contributed by atoms with E-state index in [2.05, 4.69) is 60.2 Å². The Balaban J connectivity index is 2.11. The van der Waals surface area contributed by atoms with Gasteiger partial charge in [0.15, 0.2) is 0 Å². The van der Waals surface area contributed by atoms with Gasteiger partial charge >= 0.3 is 0 Å². The molecule has 1 aliphatic rings. The SMILES string of the molecule is Cc1cc(Br)cc(CNC(C)C)c1OCC1(CC#N)CC1. The highest BCUT2D eigenvalue weighted by molar-refractivity contribution is 9.10. The molecule has 1 aromatic rings. The molecule has 4 heteroatoms. The summed E-state index contributed by atoms with van der Waals surface area (Å²) in [5, 5.41) is 12.3. The van der Waals surface area contributed by atoms with E-state index in [1.807, 2.05) is 0 Å². The van der Waals surface area contributed by atoms with Crippen LogP contribution in [0.4, 0.5) is 0 Å². The van der Waals surface area contributed by atoms with Crippen molar-refractivity contribution in [3.05, 3.63) is 27.7 Å². The molecule has 1 saturated carbocycles. The summed E-state index contributed by atoms with van der Waals surface area (Å²) >= 11 is 3.56. The Labute approximate surface area is 135 Å². The minimum absolute atomic E-state index is 0.108. The van der Waals surface area contributed by atoms with Crippen molar-refractivity contribution < 1.29 is 4.74 Å². The summed E-state index contributed by atoms with van der Waals surface area (Å²) in [6.45, 7) is 7.79. The first-order chi connectivity index (χ1) is 9.96. The molecule has 1 aromatic carbocycles. The van der Waals surface area contributed by atoms with Crippen LogP contribution in [-0.2, 0) is 6.54 Å². The Bertz CT molecular complexity index is 544. The van der Waals surface area contributed by atoms with E-state index in [0.29, 0.717) is 19.1 Å². The standard InChI is InChI=1S/C17H23BrN2O/c1-12(2)20-10-14-9-15(18)8-13(3)16(14)21-11-17(4-5-17)6-7-19/h8-9,12,20H,4-6,10-11H2,1-3H3. The highest BCUT2D eigenvalue weighted by Gasteiger charge is 2.43. The van der Waals surface area contributed by atoms with Gasteiger partial charge in [0.1, 0.15) is 5.75 Å². The largest absolute Gasteiger partial charge is 0.492 e. The minimum Gasteiger partial charge on any atom is -0.492 e. The van der Waals surface area contributed by atoms with Crippen molar-refractivity contribution >= 4 is 15.9 Å². The van der Waals surface area contributed by atoms with Gasteiger partial charge in [-0.05, 0) is 37.5 Å². The third-order valence-corrected chi connectivity index (χ3v) is 4.41. The molecule has 0 unspecified atom stereocenters. The van der Waals surface area contributed by atoms with E-state index >= 15 is 0 Å². The number of hydrogen-bond donors (Lipinski definition) is 1. The number of aryl methyl sites for hydroxylation is 1. The van der Waals surface area contributed by atoms with Crippen LogP contribution in [-0.4, -0.2) is 12.6 Å². The topological polar surface area (TPSA) is 45.0 Å². The van der Waals surface area contributed by atoms with Gasteiger partial charge in [0.05, 0.1) is 12.7 Å². The second-order valence-corrected chi connectivity index (χ2v) is 7.29. The lowest BCUT2D eigenvalue weighted by molar-refractivity contribution is 0.233. The molecule has 0 atom stereocenters. The molecule has 0 radical (unpaired) electrons. The first-order valence-corrected chi connectivity index (χ1v) is 8.27. The van der Waals surface area contributed by atoms with E-state index in [1.54, 1.807) is 0 Å². The van der Waals surface area contributed by atoms with E-state index in [1.165, 1.54) is 5.56 Å². The number of hydrogen-bond acceptors (Lipinski definition) is 3. The molecule has 114 valence electrons. The molecular formula is C17H23BrN2O. The number of nitriles is 1. The lowest BCUT2D eigenvalue weighted by Gasteiger charge is -2.19. The van der Waals surface area contributed by atoms with Crippen molar-refractivity contribution in [2.24, 2.45) is 5.41 Å². The fourth-order valence-electron chi connectivity index (χ4n) is 2.39. The third-order valence-electron chi connectivity index (χ3n) is 3.95. The zero-order chi connectivity index (χ0) is 15.5. The maximum absolute atomic E-state index is 8.91. The zero-order valence-corrected chi connectivity index (χ0v) is 14.6. The lowest BCUT2D eigenvalue weighted by Crippen LogP contribution is -2.23. The van der Waals surface area contributed by atoms with Crippen LogP contribution in [0.1, 0.15) is 44.2 Å². The number of benzene rings is 1. The van der Waals surface area contributed by atoms with Gasteiger partial charge in [0.2, 0.25) is 0 Å². The maximum Gasteiger partial charge on any atom is 0.126 e. The predicted octanol–water partition coefficient (Wildman–Crippen LogP) is 4.33. The number of ether oxygens (including phenoxy) is 1. The summed E-state index contributed by atoms with van der Waals surface area (Å²) in [6, 6.07) is 6.92. The molecule has 0 saturated heterocycles. The van der Waals surface area contributed by atoms with Crippen molar-refractivity contribution in [2.45, 2.75) is 52.6 Å². The molecule has 0 spiro atoms. The normalized spacial score (nSPS) is 15.8. The van der Waals surface area contributed by atoms with E-state index in [9.17, 15) is 0 Å². The van der Waals surface area contributed by atoms with Crippen LogP contribution in [0, 0.1) is 23.7 Å². The van der Waals surface area contributed by atoms with Crippen LogP contribution >= 0.6 is 15.9 Å². The Morgan fingerprint density at radius 1 is 1.43 bits per heavy atom. The molecule has 0 aliphatic heterocycles. The first-order valence-electron chi connectivity index (χ1n) is 7.48. The molecule has 0 bridgehead atoms. The molecule has 0 amide bonds. The van der Waals surface area contributed by atoms with Crippen molar-refractivity contribution in [3.8, 4) is 11.8 Å². The smallest absolute Gasteiger partial charge is 0.126 e. The monoisotopic (exact) mass is 350 g/mol. The Kier molecular flexibility index (Phi) is 5.29. The van der Waals surface area contributed by atoms with Crippen LogP contribution < -0.4 is 10.1 Å². The maximum atomic E-state index is 8.91. The molecule has 21 heavy (non-hydrogen) atoms. The van der Waals surface area contributed by atoms with Crippen LogP contribution in [0.3, 0.4) is 0 Å². The average molecular weight is 351 g/mol. The number of nitrogens with zero attached hydrogens (tertiary/aromatic N) is 1. The van der Waals surface area contributed by atoms with E-state index < -0.39 is 0 Å². The van der Waals surface area contributed by atoms with Gasteiger partial charge in [-0.15, -0.1) is 0 Å². The van der Waals surface area contributed by atoms with Crippen LogP contribution in [0.2, 0.25) is 0 Å². The summed E-state index contributed by atoms with van der Waals surface area (Å²) in [6.07, 6.45) is 2.81. The number of halogens is 1.